The van der Waals surface area contributed by atoms with Gasteiger partial charge in [-0.15, -0.1) is 0 Å². The first-order valence-electron chi connectivity index (χ1n) is 9.20. The minimum Gasteiger partial charge on any atom is -0.356 e. The van der Waals surface area contributed by atoms with Crippen LogP contribution in [-0.2, 0) is 16.4 Å². The normalized spacial score (nSPS) is 17.5. The van der Waals surface area contributed by atoms with E-state index in [1.807, 2.05) is 6.92 Å². The van der Waals surface area contributed by atoms with E-state index >= 15 is 0 Å². The number of rotatable bonds is 6. The van der Waals surface area contributed by atoms with Crippen LogP contribution in [0.3, 0.4) is 0 Å². The summed E-state index contributed by atoms with van der Waals surface area (Å²) in [6.07, 6.45) is 1.60. The molecular formula is C18H27F3N4O2S. The molecule has 1 aliphatic rings. The van der Waals surface area contributed by atoms with Gasteiger partial charge in [-0.1, -0.05) is 29.8 Å². The lowest BCUT2D eigenvalue weighted by Crippen LogP contribution is -2.47. The van der Waals surface area contributed by atoms with E-state index in [9.17, 15) is 21.6 Å². The second kappa shape index (κ2) is 9.60. The third kappa shape index (κ3) is 6.10. The van der Waals surface area contributed by atoms with Gasteiger partial charge in [-0.3, -0.25) is 4.99 Å². The highest BCUT2D eigenvalue weighted by Gasteiger charge is 2.50. The number of piperidine rings is 1. The Bertz CT molecular complexity index is 756. The van der Waals surface area contributed by atoms with Crippen molar-refractivity contribution in [3.8, 4) is 0 Å². The summed E-state index contributed by atoms with van der Waals surface area (Å²) in [5, 5.41) is 6.38. The number of benzene rings is 1. The van der Waals surface area contributed by atoms with Crippen molar-refractivity contribution < 1.29 is 21.6 Å². The van der Waals surface area contributed by atoms with Gasteiger partial charge in [-0.05, 0) is 37.7 Å². The van der Waals surface area contributed by atoms with Crippen LogP contribution in [0.4, 0.5) is 13.2 Å². The molecule has 0 aromatic heterocycles. The van der Waals surface area contributed by atoms with Gasteiger partial charge < -0.3 is 10.6 Å². The van der Waals surface area contributed by atoms with Crippen LogP contribution in [0, 0.1) is 12.8 Å². The van der Waals surface area contributed by atoms with Crippen molar-refractivity contribution >= 4 is 16.0 Å². The molecule has 1 saturated heterocycles. The summed E-state index contributed by atoms with van der Waals surface area (Å²) in [7, 11) is -3.57. The summed E-state index contributed by atoms with van der Waals surface area (Å²) in [4.78, 5) is 4.14. The molecule has 0 amide bonds. The van der Waals surface area contributed by atoms with Crippen LogP contribution in [0.15, 0.2) is 29.3 Å². The second-order valence-electron chi connectivity index (χ2n) is 6.91. The Morgan fingerprint density at radius 2 is 1.79 bits per heavy atom. The second-order valence-corrected chi connectivity index (χ2v) is 8.84. The van der Waals surface area contributed by atoms with Crippen molar-refractivity contribution in [1.29, 1.82) is 0 Å². The van der Waals surface area contributed by atoms with E-state index in [2.05, 4.69) is 39.9 Å². The maximum atomic E-state index is 12.6. The molecule has 0 atom stereocenters. The van der Waals surface area contributed by atoms with E-state index in [-0.39, 0.29) is 19.0 Å². The molecule has 158 valence electrons. The largest absolute Gasteiger partial charge is 0.511 e. The number of nitrogens with zero attached hydrogens (tertiary/aromatic N) is 2. The molecule has 0 aliphatic carbocycles. The first-order chi connectivity index (χ1) is 13.1. The lowest BCUT2D eigenvalue weighted by molar-refractivity contribution is -0.0496. The van der Waals surface area contributed by atoms with Gasteiger partial charge in [0, 0.05) is 33.2 Å². The number of alkyl halides is 3. The van der Waals surface area contributed by atoms with E-state index in [1.165, 1.54) is 11.1 Å². The summed E-state index contributed by atoms with van der Waals surface area (Å²) >= 11 is 0. The topological polar surface area (TPSA) is 73.8 Å². The number of guanidine groups is 1. The van der Waals surface area contributed by atoms with Crippen LogP contribution >= 0.6 is 0 Å². The van der Waals surface area contributed by atoms with Gasteiger partial charge in [0.25, 0.3) is 0 Å². The zero-order chi connectivity index (χ0) is 20.8. The summed E-state index contributed by atoms with van der Waals surface area (Å²) in [5.74, 6) is 0.716. The Labute approximate surface area is 164 Å². The Morgan fingerprint density at radius 3 is 2.32 bits per heavy atom. The zero-order valence-corrected chi connectivity index (χ0v) is 16.9. The lowest BCUT2D eigenvalue weighted by atomic mass is 9.98. The quantitative estimate of drug-likeness (QED) is 0.547. The van der Waals surface area contributed by atoms with Crippen LogP contribution in [0.1, 0.15) is 24.0 Å². The first kappa shape index (κ1) is 22.5. The number of nitrogens with one attached hydrogen (secondary N) is 2. The molecule has 10 heteroatoms. The summed E-state index contributed by atoms with van der Waals surface area (Å²) in [5.41, 5.74) is -2.81. The van der Waals surface area contributed by atoms with Gasteiger partial charge in [0.05, 0.1) is 0 Å². The molecule has 2 rings (SSSR count). The number of hydrogen-bond acceptors (Lipinski definition) is 3. The predicted octanol–water partition coefficient (Wildman–Crippen LogP) is 2.26. The Balaban J connectivity index is 1.72. The number of aliphatic imine (C=N–C) groups is 1. The van der Waals surface area contributed by atoms with Gasteiger partial charge >= 0.3 is 15.5 Å². The third-order valence-corrected chi connectivity index (χ3v) is 6.44. The Hall–Kier alpha value is -1.81. The molecular weight excluding hydrogens is 393 g/mol. The summed E-state index contributed by atoms with van der Waals surface area (Å²) in [6.45, 7) is 3.03. The summed E-state index contributed by atoms with van der Waals surface area (Å²) in [6, 6.07) is 8.29. The molecule has 1 heterocycles. The monoisotopic (exact) mass is 420 g/mol. The van der Waals surface area contributed by atoms with E-state index < -0.39 is 15.5 Å². The highest BCUT2D eigenvalue weighted by Crippen LogP contribution is 2.30. The van der Waals surface area contributed by atoms with Crippen molar-refractivity contribution in [1.82, 2.24) is 14.9 Å². The molecule has 2 N–H and O–H groups in total. The molecule has 0 spiro atoms. The van der Waals surface area contributed by atoms with Gasteiger partial charge in [0.2, 0.25) is 0 Å². The fourth-order valence-electron chi connectivity index (χ4n) is 3.04. The fraction of sp³-hybridized carbons (Fsp3) is 0.611. The lowest BCUT2D eigenvalue weighted by Gasteiger charge is -2.31. The molecule has 1 aromatic carbocycles. The third-order valence-electron chi connectivity index (χ3n) is 4.81. The standard InChI is InChI=1S/C18H27F3N4O2S/c1-14-3-5-15(6-4-14)7-10-23-17(22-2)24-13-16-8-11-25(12-9-16)28(26,27)18(19,20)21/h3-6,16H,7-13H2,1-2H3,(H2,22,23,24). The fourth-order valence-corrected chi connectivity index (χ4v) is 4.03. The van der Waals surface area contributed by atoms with Crippen LogP contribution in [0.25, 0.3) is 0 Å². The SMILES string of the molecule is CN=C(NCCc1ccc(C)cc1)NCC1CCN(S(=O)(=O)C(F)(F)F)CC1. The number of aryl methyl sites for hydroxylation is 1. The molecule has 0 radical (unpaired) electrons. The van der Waals surface area contributed by atoms with E-state index in [1.54, 1.807) is 7.05 Å². The summed E-state index contributed by atoms with van der Waals surface area (Å²) < 4.78 is 61.2. The average molecular weight is 421 g/mol. The van der Waals surface area contributed by atoms with Crippen molar-refractivity contribution in [2.75, 3.05) is 33.2 Å². The number of hydrogen-bond donors (Lipinski definition) is 2. The molecule has 28 heavy (non-hydrogen) atoms. The van der Waals surface area contributed by atoms with Crippen LogP contribution in [0.5, 0.6) is 0 Å². The van der Waals surface area contributed by atoms with Crippen molar-refractivity contribution in [3.05, 3.63) is 35.4 Å². The molecule has 1 fully saturated rings. The van der Waals surface area contributed by atoms with Gasteiger partial charge in [0.1, 0.15) is 0 Å². The maximum Gasteiger partial charge on any atom is 0.511 e. The van der Waals surface area contributed by atoms with Gasteiger partial charge in [-0.25, -0.2) is 8.42 Å². The maximum absolute atomic E-state index is 12.6. The van der Waals surface area contributed by atoms with Crippen LogP contribution < -0.4 is 10.6 Å². The van der Waals surface area contributed by atoms with Crippen LogP contribution in [-0.4, -0.2) is 57.4 Å². The number of halogens is 3. The van der Waals surface area contributed by atoms with E-state index in [0.29, 0.717) is 36.2 Å². The Kier molecular flexibility index (Phi) is 7.70. The Morgan fingerprint density at radius 1 is 1.18 bits per heavy atom. The van der Waals surface area contributed by atoms with Gasteiger partial charge in [-0.2, -0.15) is 17.5 Å². The molecule has 1 aromatic rings. The van der Waals surface area contributed by atoms with E-state index in [0.717, 1.165) is 6.42 Å². The van der Waals surface area contributed by atoms with Crippen molar-refractivity contribution in [3.63, 3.8) is 0 Å². The smallest absolute Gasteiger partial charge is 0.356 e. The minimum atomic E-state index is -5.23. The molecule has 0 saturated carbocycles. The van der Waals surface area contributed by atoms with E-state index in [4.69, 9.17) is 0 Å². The molecule has 0 unspecified atom stereocenters. The zero-order valence-electron chi connectivity index (χ0n) is 16.1. The van der Waals surface area contributed by atoms with Crippen molar-refractivity contribution in [2.24, 2.45) is 10.9 Å². The highest BCUT2D eigenvalue weighted by molar-refractivity contribution is 7.90. The molecule has 1 aliphatic heterocycles. The van der Waals surface area contributed by atoms with Crippen molar-refractivity contribution in [2.45, 2.75) is 31.7 Å². The highest BCUT2D eigenvalue weighted by atomic mass is 32.2. The average Bonchev–Trinajstić information content (AvgIpc) is 2.65. The predicted molar refractivity (Wildman–Crippen MR) is 104 cm³/mol. The minimum absolute atomic E-state index is 0.0929. The van der Waals surface area contributed by atoms with Gasteiger partial charge in [0.15, 0.2) is 5.96 Å². The molecule has 0 bridgehead atoms. The number of sulfonamides is 1. The molecule has 6 nitrogen and oxygen atoms in total. The first-order valence-corrected chi connectivity index (χ1v) is 10.6. The van der Waals surface area contributed by atoms with Crippen LogP contribution in [0.2, 0.25) is 0 Å².